The van der Waals surface area contributed by atoms with Gasteiger partial charge in [0, 0.05) is 18.1 Å². The molecule has 0 aliphatic rings. The number of thiazole rings is 1. The average molecular weight is 464 g/mol. The van der Waals surface area contributed by atoms with E-state index < -0.39 is 0 Å². The van der Waals surface area contributed by atoms with Crippen LogP contribution >= 0.6 is 11.3 Å². The van der Waals surface area contributed by atoms with E-state index in [2.05, 4.69) is 20.7 Å². The van der Waals surface area contributed by atoms with Crippen molar-refractivity contribution in [2.75, 3.05) is 11.9 Å². The molecule has 0 fully saturated rings. The smallest absolute Gasteiger partial charge is 0.260 e. The molecule has 0 atom stereocenters. The summed E-state index contributed by atoms with van der Waals surface area (Å²) < 4.78 is 7.03. The lowest BCUT2D eigenvalue weighted by Crippen LogP contribution is -2.26. The van der Waals surface area contributed by atoms with E-state index in [1.807, 2.05) is 48.1 Å². The van der Waals surface area contributed by atoms with Crippen LogP contribution in [0.2, 0.25) is 0 Å². The lowest BCUT2D eigenvalue weighted by atomic mass is 10.1. The van der Waals surface area contributed by atoms with Crippen molar-refractivity contribution in [2.45, 2.75) is 33.1 Å². The van der Waals surface area contributed by atoms with Crippen LogP contribution in [0.15, 0.2) is 58.7 Å². The summed E-state index contributed by atoms with van der Waals surface area (Å²) in [6.07, 6.45) is 5.33. The highest BCUT2D eigenvalue weighted by Crippen LogP contribution is 2.18. The number of benzene rings is 1. The maximum absolute atomic E-state index is 12.3. The molecule has 0 saturated carbocycles. The third kappa shape index (κ3) is 5.75. The first-order chi connectivity index (χ1) is 16.0. The molecule has 1 aromatic carbocycles. The Kier molecular flexibility index (Phi) is 6.99. The number of carbonyl (C=O) groups excluding carboxylic acids is 2. The van der Waals surface area contributed by atoms with Crippen LogP contribution < -0.4 is 10.6 Å². The van der Waals surface area contributed by atoms with Crippen molar-refractivity contribution in [3.63, 3.8) is 0 Å². The predicted octanol–water partition coefficient (Wildman–Crippen LogP) is 4.08. The van der Waals surface area contributed by atoms with Crippen LogP contribution in [-0.4, -0.2) is 33.1 Å². The number of nitrogens with zero attached hydrogens (tertiary/aromatic N) is 3. The number of anilines is 1. The number of hydrogen-bond donors (Lipinski definition) is 2. The predicted molar refractivity (Wildman–Crippen MR) is 127 cm³/mol. The second kappa shape index (κ2) is 10.3. The number of aryl methyl sites for hydroxylation is 3. The Morgan fingerprint density at radius 1 is 1.15 bits per heavy atom. The van der Waals surface area contributed by atoms with Crippen molar-refractivity contribution < 1.29 is 14.0 Å². The molecule has 0 saturated heterocycles. The van der Waals surface area contributed by atoms with Crippen molar-refractivity contribution in [2.24, 2.45) is 0 Å². The van der Waals surface area contributed by atoms with Crippen LogP contribution in [0.4, 0.5) is 5.13 Å². The number of amides is 2. The van der Waals surface area contributed by atoms with Crippen LogP contribution in [0, 0.1) is 13.8 Å². The molecule has 0 spiro atoms. The van der Waals surface area contributed by atoms with Gasteiger partial charge in [-0.2, -0.15) is 5.10 Å². The normalized spacial score (nSPS) is 10.8. The SMILES string of the molecule is Cc1nn(-c2ccccc2)cc1CCCNC(=O)Cc1csc(NC(=O)c2ccoc2C)n1. The summed E-state index contributed by atoms with van der Waals surface area (Å²) in [5.41, 5.74) is 4.28. The summed E-state index contributed by atoms with van der Waals surface area (Å²) in [6.45, 7) is 4.30. The first-order valence-corrected chi connectivity index (χ1v) is 11.5. The Morgan fingerprint density at radius 2 is 1.97 bits per heavy atom. The van der Waals surface area contributed by atoms with Gasteiger partial charge in [0.1, 0.15) is 5.76 Å². The van der Waals surface area contributed by atoms with Crippen molar-refractivity contribution in [3.05, 3.63) is 82.5 Å². The average Bonchev–Trinajstić information content (AvgIpc) is 3.52. The molecule has 4 rings (SSSR count). The van der Waals surface area contributed by atoms with Gasteiger partial charge in [-0.3, -0.25) is 14.9 Å². The van der Waals surface area contributed by atoms with E-state index in [0.29, 0.717) is 28.7 Å². The quantitative estimate of drug-likeness (QED) is 0.364. The highest BCUT2D eigenvalue weighted by Gasteiger charge is 2.14. The zero-order valence-electron chi connectivity index (χ0n) is 18.5. The zero-order valence-corrected chi connectivity index (χ0v) is 19.3. The van der Waals surface area contributed by atoms with Gasteiger partial charge >= 0.3 is 0 Å². The number of hydrogen-bond acceptors (Lipinski definition) is 6. The molecule has 3 aromatic heterocycles. The van der Waals surface area contributed by atoms with E-state index in [1.165, 1.54) is 23.2 Å². The molecule has 3 heterocycles. The number of carbonyl (C=O) groups is 2. The van der Waals surface area contributed by atoms with Crippen LogP contribution in [-0.2, 0) is 17.6 Å². The maximum atomic E-state index is 12.3. The highest BCUT2D eigenvalue weighted by molar-refractivity contribution is 7.14. The van der Waals surface area contributed by atoms with Gasteiger partial charge in [0.2, 0.25) is 5.91 Å². The second-order valence-corrected chi connectivity index (χ2v) is 8.50. The molecule has 0 unspecified atom stereocenters. The minimum Gasteiger partial charge on any atom is -0.469 e. The Morgan fingerprint density at radius 3 is 2.73 bits per heavy atom. The zero-order chi connectivity index (χ0) is 23.2. The number of furan rings is 1. The minimum atomic E-state index is -0.280. The fraction of sp³-hybridized carbons (Fsp3) is 0.250. The fourth-order valence-electron chi connectivity index (χ4n) is 3.42. The van der Waals surface area contributed by atoms with E-state index in [1.54, 1.807) is 18.4 Å². The van der Waals surface area contributed by atoms with Crippen molar-refractivity contribution in [1.82, 2.24) is 20.1 Å². The largest absolute Gasteiger partial charge is 0.469 e. The lowest BCUT2D eigenvalue weighted by Gasteiger charge is -2.04. The summed E-state index contributed by atoms with van der Waals surface area (Å²) in [7, 11) is 0. The van der Waals surface area contributed by atoms with Gasteiger partial charge in [0.15, 0.2) is 5.13 Å². The van der Waals surface area contributed by atoms with Crippen molar-refractivity contribution in [3.8, 4) is 5.69 Å². The molecule has 0 radical (unpaired) electrons. The summed E-state index contributed by atoms with van der Waals surface area (Å²) in [4.78, 5) is 28.8. The Balaban J connectivity index is 1.21. The first-order valence-electron chi connectivity index (χ1n) is 10.7. The summed E-state index contributed by atoms with van der Waals surface area (Å²) in [5, 5.41) is 12.5. The molecule has 33 heavy (non-hydrogen) atoms. The van der Waals surface area contributed by atoms with Gasteiger partial charge in [0.25, 0.3) is 5.91 Å². The number of aromatic nitrogens is 3. The van der Waals surface area contributed by atoms with E-state index in [-0.39, 0.29) is 18.2 Å². The Labute approximate surface area is 195 Å². The molecule has 0 aliphatic heterocycles. The number of rotatable bonds is 9. The van der Waals surface area contributed by atoms with E-state index in [9.17, 15) is 9.59 Å². The van der Waals surface area contributed by atoms with Crippen LogP contribution in [0.25, 0.3) is 5.69 Å². The topological polar surface area (TPSA) is 102 Å². The van der Waals surface area contributed by atoms with Crippen LogP contribution in [0.3, 0.4) is 0 Å². The van der Waals surface area contributed by atoms with E-state index in [4.69, 9.17) is 4.42 Å². The van der Waals surface area contributed by atoms with E-state index in [0.717, 1.165) is 24.2 Å². The second-order valence-electron chi connectivity index (χ2n) is 7.64. The van der Waals surface area contributed by atoms with E-state index >= 15 is 0 Å². The van der Waals surface area contributed by atoms with Crippen LogP contribution in [0.1, 0.15) is 39.5 Å². The molecule has 9 heteroatoms. The first kappa shape index (κ1) is 22.5. The molecular formula is C24H25N5O3S. The number of nitrogens with one attached hydrogen (secondary N) is 2. The molecule has 0 aliphatic carbocycles. The van der Waals surface area contributed by atoms with Gasteiger partial charge in [-0.1, -0.05) is 18.2 Å². The van der Waals surface area contributed by atoms with Gasteiger partial charge in [-0.25, -0.2) is 9.67 Å². The molecule has 170 valence electrons. The van der Waals surface area contributed by atoms with Crippen LogP contribution in [0.5, 0.6) is 0 Å². The number of para-hydroxylation sites is 1. The molecule has 2 N–H and O–H groups in total. The summed E-state index contributed by atoms with van der Waals surface area (Å²) >= 11 is 1.29. The minimum absolute atomic E-state index is 0.0967. The monoisotopic (exact) mass is 463 g/mol. The van der Waals surface area contributed by atoms with Gasteiger partial charge in [0.05, 0.1) is 35.3 Å². The third-order valence-electron chi connectivity index (χ3n) is 5.18. The summed E-state index contributed by atoms with van der Waals surface area (Å²) in [6, 6.07) is 11.6. The highest BCUT2D eigenvalue weighted by atomic mass is 32.1. The Hall–Kier alpha value is -3.72. The standard InChI is InChI=1S/C24H25N5O3S/c1-16-18(14-29(28-16)20-8-4-3-5-9-20)7-6-11-25-22(30)13-19-15-33-24(26-19)27-23(31)21-10-12-32-17(21)2/h3-5,8-10,12,14-15H,6-7,11,13H2,1-2H3,(H,25,30)(H,26,27,31). The lowest BCUT2D eigenvalue weighted by molar-refractivity contribution is -0.120. The van der Waals surface area contributed by atoms with Gasteiger partial charge < -0.3 is 9.73 Å². The Bertz CT molecular complexity index is 1240. The molecule has 8 nitrogen and oxygen atoms in total. The fourth-order valence-corrected chi connectivity index (χ4v) is 4.12. The maximum Gasteiger partial charge on any atom is 0.260 e. The van der Waals surface area contributed by atoms with Crippen molar-refractivity contribution in [1.29, 1.82) is 0 Å². The van der Waals surface area contributed by atoms with Gasteiger partial charge in [-0.15, -0.1) is 11.3 Å². The molecule has 2 amide bonds. The molecule has 0 bridgehead atoms. The third-order valence-corrected chi connectivity index (χ3v) is 5.99. The van der Waals surface area contributed by atoms with Gasteiger partial charge in [-0.05, 0) is 50.5 Å². The summed E-state index contributed by atoms with van der Waals surface area (Å²) in [5.74, 6) is 0.171. The molecule has 4 aromatic rings. The van der Waals surface area contributed by atoms with Crippen molar-refractivity contribution >= 4 is 28.3 Å². The molecular weight excluding hydrogens is 438 g/mol.